The van der Waals surface area contributed by atoms with Gasteiger partial charge in [0, 0.05) is 16.7 Å². The summed E-state index contributed by atoms with van der Waals surface area (Å²) in [6, 6.07) is 61.2. The molecule has 1 spiro atoms. The fourth-order valence-corrected chi connectivity index (χ4v) is 8.15. The molecule has 1 aromatic heterocycles. The quantitative estimate of drug-likeness (QED) is 0.203. The van der Waals surface area contributed by atoms with E-state index in [9.17, 15) is 0 Å². The summed E-state index contributed by atoms with van der Waals surface area (Å²) in [7, 11) is 0. The number of nitrogens with zero attached hydrogens (tertiary/aromatic N) is 2. The molecule has 10 rings (SSSR count). The summed E-state index contributed by atoms with van der Waals surface area (Å²) < 4.78 is 0. The summed E-state index contributed by atoms with van der Waals surface area (Å²) in [4.78, 5) is 10.7. The van der Waals surface area contributed by atoms with Crippen molar-refractivity contribution in [3.8, 4) is 56.2 Å². The number of fused-ring (bicyclic) bond motifs is 11. The smallest absolute Gasteiger partial charge is 0.161 e. The summed E-state index contributed by atoms with van der Waals surface area (Å²) in [6.07, 6.45) is 0. The summed E-state index contributed by atoms with van der Waals surface area (Å²) in [5, 5.41) is 2.41. The van der Waals surface area contributed by atoms with Crippen LogP contribution in [0, 0.1) is 0 Å². The van der Waals surface area contributed by atoms with Gasteiger partial charge in [-0.15, -0.1) is 0 Å². The highest BCUT2D eigenvalue weighted by Crippen LogP contribution is 2.63. The van der Waals surface area contributed by atoms with Crippen molar-refractivity contribution in [3.05, 3.63) is 192 Å². The molecule has 7 aromatic carbocycles. The monoisotopic (exact) mass is 596 g/mol. The van der Waals surface area contributed by atoms with Crippen LogP contribution in [0.2, 0.25) is 0 Å². The average Bonchev–Trinajstić information content (AvgIpc) is 3.62. The van der Waals surface area contributed by atoms with Crippen molar-refractivity contribution < 1.29 is 0 Å². The summed E-state index contributed by atoms with van der Waals surface area (Å²) in [5.41, 5.74) is 14.9. The van der Waals surface area contributed by atoms with Crippen LogP contribution in [0.1, 0.15) is 22.3 Å². The molecule has 0 saturated carbocycles. The summed E-state index contributed by atoms with van der Waals surface area (Å²) in [5.74, 6) is 0.734. The zero-order chi connectivity index (χ0) is 31.0. The Hall–Kier alpha value is -6.12. The highest BCUT2D eigenvalue weighted by Gasteiger charge is 2.52. The van der Waals surface area contributed by atoms with Crippen molar-refractivity contribution in [2.24, 2.45) is 0 Å². The van der Waals surface area contributed by atoms with E-state index in [4.69, 9.17) is 9.97 Å². The second-order valence-corrected chi connectivity index (χ2v) is 12.5. The van der Waals surface area contributed by atoms with Gasteiger partial charge in [-0.3, -0.25) is 0 Å². The first-order valence-corrected chi connectivity index (χ1v) is 16.2. The van der Waals surface area contributed by atoms with E-state index in [1.54, 1.807) is 0 Å². The topological polar surface area (TPSA) is 25.8 Å². The lowest BCUT2D eigenvalue weighted by atomic mass is 9.70. The molecule has 2 aliphatic carbocycles. The van der Waals surface area contributed by atoms with E-state index in [2.05, 4.69) is 164 Å². The third-order valence-electron chi connectivity index (χ3n) is 10.1. The molecule has 1 heterocycles. The van der Waals surface area contributed by atoms with Gasteiger partial charge in [0.25, 0.3) is 0 Å². The van der Waals surface area contributed by atoms with Crippen LogP contribution in [-0.2, 0) is 5.41 Å². The Labute approximate surface area is 273 Å². The Bertz CT molecular complexity index is 2480. The zero-order valence-corrected chi connectivity index (χ0v) is 25.6. The van der Waals surface area contributed by atoms with E-state index in [0.29, 0.717) is 0 Å². The molecule has 2 heteroatoms. The van der Waals surface area contributed by atoms with Crippen LogP contribution in [0.25, 0.3) is 66.9 Å². The molecular weight excluding hydrogens is 569 g/mol. The Kier molecular flexibility index (Phi) is 5.53. The summed E-state index contributed by atoms with van der Waals surface area (Å²) in [6.45, 7) is 0. The van der Waals surface area contributed by atoms with Crippen molar-refractivity contribution in [3.63, 3.8) is 0 Å². The molecule has 0 bridgehead atoms. The third-order valence-corrected chi connectivity index (χ3v) is 10.1. The molecule has 0 fully saturated rings. The van der Waals surface area contributed by atoms with Gasteiger partial charge in [-0.2, -0.15) is 0 Å². The first kappa shape index (κ1) is 26.1. The van der Waals surface area contributed by atoms with Gasteiger partial charge >= 0.3 is 0 Å². The minimum absolute atomic E-state index is 0.409. The van der Waals surface area contributed by atoms with Crippen molar-refractivity contribution >= 4 is 10.8 Å². The van der Waals surface area contributed by atoms with E-state index >= 15 is 0 Å². The van der Waals surface area contributed by atoms with Crippen LogP contribution in [0.5, 0.6) is 0 Å². The van der Waals surface area contributed by atoms with Crippen LogP contribution in [-0.4, -0.2) is 9.97 Å². The van der Waals surface area contributed by atoms with Crippen molar-refractivity contribution in [2.45, 2.75) is 5.41 Å². The minimum Gasteiger partial charge on any atom is -0.228 e. The molecule has 0 N–H and O–H groups in total. The van der Waals surface area contributed by atoms with Gasteiger partial charge in [0.15, 0.2) is 5.82 Å². The maximum absolute atomic E-state index is 5.35. The van der Waals surface area contributed by atoms with Crippen LogP contribution < -0.4 is 0 Å². The fraction of sp³-hybridized carbons (Fsp3) is 0.0222. The molecule has 0 atom stereocenters. The molecule has 218 valence electrons. The molecule has 2 aliphatic rings. The fourth-order valence-electron chi connectivity index (χ4n) is 8.15. The van der Waals surface area contributed by atoms with Gasteiger partial charge in [0.2, 0.25) is 0 Å². The Balaban J connectivity index is 1.27. The molecule has 2 nitrogen and oxygen atoms in total. The zero-order valence-electron chi connectivity index (χ0n) is 25.6. The van der Waals surface area contributed by atoms with Gasteiger partial charge in [0.1, 0.15) is 0 Å². The van der Waals surface area contributed by atoms with Crippen LogP contribution >= 0.6 is 0 Å². The largest absolute Gasteiger partial charge is 0.228 e. The summed E-state index contributed by atoms with van der Waals surface area (Å²) >= 11 is 0. The van der Waals surface area contributed by atoms with Gasteiger partial charge in [-0.25, -0.2) is 9.97 Å². The maximum atomic E-state index is 5.35. The first-order chi connectivity index (χ1) is 23.3. The standard InChI is InChI=1S/C45H28N2/c1-2-14-30(15-3-1)41-28-42(32-26-25-29-13-4-5-16-31(29)27-32)47-44(46-41)36-20-12-24-40-43(36)35-19-8-11-23-39(35)45(40)37-21-9-6-17-33(37)34-18-7-10-22-38(34)45/h1-28H. The van der Waals surface area contributed by atoms with Crippen LogP contribution in [0.4, 0.5) is 0 Å². The lowest BCUT2D eigenvalue weighted by Crippen LogP contribution is -2.25. The number of aromatic nitrogens is 2. The van der Waals surface area contributed by atoms with Gasteiger partial charge in [-0.05, 0) is 67.4 Å². The second-order valence-electron chi connectivity index (χ2n) is 12.5. The third kappa shape index (κ3) is 3.67. The van der Waals surface area contributed by atoms with Gasteiger partial charge in [-0.1, -0.05) is 158 Å². The van der Waals surface area contributed by atoms with E-state index < -0.39 is 5.41 Å². The normalized spacial score (nSPS) is 13.3. The molecule has 8 aromatic rings. The Morgan fingerprint density at radius 1 is 0.340 bits per heavy atom. The Morgan fingerprint density at radius 2 is 0.872 bits per heavy atom. The van der Waals surface area contributed by atoms with Gasteiger partial charge in [0.05, 0.1) is 16.8 Å². The first-order valence-electron chi connectivity index (χ1n) is 16.2. The van der Waals surface area contributed by atoms with Crippen molar-refractivity contribution in [1.29, 1.82) is 0 Å². The number of rotatable bonds is 3. The predicted molar refractivity (Wildman–Crippen MR) is 192 cm³/mol. The average molecular weight is 597 g/mol. The number of benzene rings is 7. The molecule has 0 unspecified atom stereocenters. The number of hydrogen-bond donors (Lipinski definition) is 0. The SMILES string of the molecule is c1ccc(-c2cc(-c3ccc4ccccc4c3)nc(-c3cccc4c3-c3ccccc3C43c4ccccc4-c4ccccc43)n2)cc1. The van der Waals surface area contributed by atoms with Crippen LogP contribution in [0.15, 0.2) is 170 Å². The van der Waals surface area contributed by atoms with Crippen molar-refractivity contribution in [1.82, 2.24) is 9.97 Å². The number of hydrogen-bond acceptors (Lipinski definition) is 2. The van der Waals surface area contributed by atoms with Crippen LogP contribution in [0.3, 0.4) is 0 Å². The molecule has 47 heavy (non-hydrogen) atoms. The molecule has 0 saturated heterocycles. The molecule has 0 radical (unpaired) electrons. The minimum atomic E-state index is -0.409. The maximum Gasteiger partial charge on any atom is 0.161 e. The van der Waals surface area contributed by atoms with E-state index in [0.717, 1.165) is 33.9 Å². The lowest BCUT2D eigenvalue weighted by molar-refractivity contribution is 0.794. The van der Waals surface area contributed by atoms with Crippen molar-refractivity contribution in [2.75, 3.05) is 0 Å². The second kappa shape index (κ2) is 9.94. The molecule has 0 aliphatic heterocycles. The highest BCUT2D eigenvalue weighted by atomic mass is 14.9. The highest BCUT2D eigenvalue weighted by molar-refractivity contribution is 5.99. The van der Waals surface area contributed by atoms with E-state index in [1.165, 1.54) is 55.3 Å². The van der Waals surface area contributed by atoms with E-state index in [1.807, 2.05) is 6.07 Å². The Morgan fingerprint density at radius 3 is 1.60 bits per heavy atom. The predicted octanol–water partition coefficient (Wildman–Crippen LogP) is 11.0. The van der Waals surface area contributed by atoms with E-state index in [-0.39, 0.29) is 0 Å². The molecular formula is C45H28N2. The lowest BCUT2D eigenvalue weighted by Gasteiger charge is -2.30. The molecule has 0 amide bonds. The van der Waals surface area contributed by atoms with Gasteiger partial charge < -0.3 is 0 Å².